The lowest BCUT2D eigenvalue weighted by Gasteiger charge is -2.18. The zero-order valence-corrected chi connectivity index (χ0v) is 9.66. The number of nitriles is 1. The predicted molar refractivity (Wildman–Crippen MR) is 58.6 cm³/mol. The van der Waals surface area contributed by atoms with Gasteiger partial charge in [0.05, 0.1) is 23.6 Å². The normalized spacial score (nSPS) is 10.8. The fraction of sp³-hybridized carbons (Fsp3) is 0.333. The second-order valence-corrected chi connectivity index (χ2v) is 3.68. The van der Waals surface area contributed by atoms with Crippen LogP contribution in [0.25, 0.3) is 0 Å². The summed E-state index contributed by atoms with van der Waals surface area (Å²) in [6.07, 6.45) is -4.49. The first kappa shape index (κ1) is 14.0. The number of hydrogen-bond donors (Lipinski definition) is 0. The molecule has 3 nitrogen and oxygen atoms in total. The minimum absolute atomic E-state index is 0.0798. The molecule has 0 N–H and O–H groups in total. The number of benzene rings is 1. The minimum Gasteiger partial charge on any atom is -0.341 e. The number of rotatable bonds is 3. The molecule has 18 heavy (non-hydrogen) atoms. The molecule has 0 spiro atoms. The Balaban J connectivity index is 3.03. The molecular weight excluding hydrogens is 245 g/mol. The van der Waals surface area contributed by atoms with Crippen LogP contribution in [0.1, 0.15) is 22.3 Å². The first-order valence-corrected chi connectivity index (χ1v) is 5.16. The van der Waals surface area contributed by atoms with Crippen molar-refractivity contribution in [1.82, 2.24) is 4.90 Å². The average Bonchev–Trinajstić information content (AvgIpc) is 2.34. The molecule has 0 saturated carbocycles. The highest BCUT2D eigenvalue weighted by Gasteiger charge is 2.35. The van der Waals surface area contributed by atoms with Crippen LogP contribution in [-0.4, -0.2) is 24.4 Å². The van der Waals surface area contributed by atoms with E-state index in [1.165, 1.54) is 19.2 Å². The second-order valence-electron chi connectivity index (χ2n) is 3.68. The lowest BCUT2D eigenvalue weighted by Crippen LogP contribution is -2.29. The van der Waals surface area contributed by atoms with Crippen molar-refractivity contribution < 1.29 is 18.0 Å². The van der Waals surface area contributed by atoms with Crippen LogP contribution in [-0.2, 0) is 6.18 Å². The number of carbonyl (C=O) groups excluding carboxylic acids is 1. The largest absolute Gasteiger partial charge is 0.417 e. The third-order valence-electron chi connectivity index (χ3n) is 2.37. The van der Waals surface area contributed by atoms with Crippen molar-refractivity contribution >= 4 is 5.91 Å². The van der Waals surface area contributed by atoms with Crippen LogP contribution in [0.15, 0.2) is 24.3 Å². The van der Waals surface area contributed by atoms with Crippen LogP contribution >= 0.6 is 0 Å². The van der Waals surface area contributed by atoms with Gasteiger partial charge in [-0.3, -0.25) is 4.79 Å². The molecule has 0 aliphatic carbocycles. The molecule has 0 atom stereocenters. The molecule has 0 bridgehead atoms. The van der Waals surface area contributed by atoms with Crippen molar-refractivity contribution in [1.29, 1.82) is 5.26 Å². The number of hydrogen-bond acceptors (Lipinski definition) is 2. The molecule has 0 unspecified atom stereocenters. The molecule has 6 heteroatoms. The summed E-state index contributed by atoms with van der Waals surface area (Å²) in [5.74, 6) is -0.738. The summed E-state index contributed by atoms with van der Waals surface area (Å²) < 4.78 is 38.1. The van der Waals surface area contributed by atoms with Crippen LogP contribution < -0.4 is 0 Å². The van der Waals surface area contributed by atoms with E-state index in [0.29, 0.717) is 0 Å². The molecule has 0 saturated heterocycles. The Kier molecular flexibility index (Phi) is 4.32. The van der Waals surface area contributed by atoms with E-state index in [-0.39, 0.29) is 13.0 Å². The first-order chi connectivity index (χ1) is 8.38. The Labute approximate surface area is 102 Å². The highest BCUT2D eigenvalue weighted by molar-refractivity contribution is 5.95. The molecular formula is C12H11F3N2O. The average molecular weight is 256 g/mol. The van der Waals surface area contributed by atoms with E-state index in [1.54, 1.807) is 0 Å². The summed E-state index contributed by atoms with van der Waals surface area (Å²) in [5, 5.41) is 8.38. The summed E-state index contributed by atoms with van der Waals surface area (Å²) in [5.41, 5.74) is -1.36. The van der Waals surface area contributed by atoms with Crippen molar-refractivity contribution in [2.24, 2.45) is 0 Å². The maximum Gasteiger partial charge on any atom is 0.417 e. The van der Waals surface area contributed by atoms with Gasteiger partial charge in [0.15, 0.2) is 0 Å². The van der Waals surface area contributed by atoms with Crippen LogP contribution in [0.2, 0.25) is 0 Å². The predicted octanol–water partition coefficient (Wildman–Crippen LogP) is 2.69. The Hall–Kier alpha value is -2.03. The zero-order chi connectivity index (χ0) is 13.8. The number of alkyl halides is 3. The fourth-order valence-corrected chi connectivity index (χ4v) is 1.44. The molecule has 96 valence electrons. The van der Waals surface area contributed by atoms with Crippen molar-refractivity contribution in [2.75, 3.05) is 13.6 Å². The molecule has 1 amide bonds. The molecule has 0 heterocycles. The molecule has 1 rings (SSSR count). The van der Waals surface area contributed by atoms with Crippen LogP contribution in [0.5, 0.6) is 0 Å². The standard InChI is InChI=1S/C12H11F3N2O/c1-17(8-4-7-16)11(18)9-5-2-3-6-10(9)12(13,14)15/h2-3,5-6H,4,8H2,1H3. The third kappa shape index (κ3) is 3.23. The second kappa shape index (κ2) is 5.54. The van der Waals surface area contributed by atoms with E-state index in [2.05, 4.69) is 0 Å². The van der Waals surface area contributed by atoms with E-state index in [9.17, 15) is 18.0 Å². The van der Waals surface area contributed by atoms with E-state index in [0.717, 1.165) is 17.0 Å². The van der Waals surface area contributed by atoms with Crippen LogP contribution in [0.3, 0.4) is 0 Å². The number of halogens is 3. The number of carbonyl (C=O) groups is 1. The number of amides is 1. The Morgan fingerprint density at radius 2 is 2.00 bits per heavy atom. The highest BCUT2D eigenvalue weighted by atomic mass is 19.4. The van der Waals surface area contributed by atoms with Gasteiger partial charge >= 0.3 is 6.18 Å². The van der Waals surface area contributed by atoms with Gasteiger partial charge in [0.2, 0.25) is 0 Å². The van der Waals surface area contributed by atoms with Gasteiger partial charge in [-0.1, -0.05) is 12.1 Å². The Bertz CT molecular complexity index is 477. The summed E-state index contributed by atoms with van der Waals surface area (Å²) >= 11 is 0. The van der Waals surface area contributed by atoms with E-state index < -0.39 is 23.2 Å². The van der Waals surface area contributed by atoms with Crippen LogP contribution in [0, 0.1) is 11.3 Å². The molecule has 0 aromatic heterocycles. The third-order valence-corrected chi connectivity index (χ3v) is 2.37. The monoisotopic (exact) mass is 256 g/mol. The molecule has 0 radical (unpaired) electrons. The smallest absolute Gasteiger partial charge is 0.341 e. The van der Waals surface area contributed by atoms with Gasteiger partial charge in [0, 0.05) is 13.6 Å². The Morgan fingerprint density at radius 3 is 2.56 bits per heavy atom. The van der Waals surface area contributed by atoms with Gasteiger partial charge in [-0.15, -0.1) is 0 Å². The van der Waals surface area contributed by atoms with Gasteiger partial charge in [-0.05, 0) is 12.1 Å². The van der Waals surface area contributed by atoms with Gasteiger partial charge in [0.1, 0.15) is 0 Å². The van der Waals surface area contributed by atoms with Gasteiger partial charge in [-0.2, -0.15) is 18.4 Å². The summed E-state index contributed by atoms with van der Waals surface area (Å²) in [6, 6.07) is 6.44. The van der Waals surface area contributed by atoms with E-state index >= 15 is 0 Å². The van der Waals surface area contributed by atoms with Crippen LogP contribution in [0.4, 0.5) is 13.2 Å². The Morgan fingerprint density at radius 1 is 1.39 bits per heavy atom. The van der Waals surface area contributed by atoms with Crippen molar-refractivity contribution in [3.05, 3.63) is 35.4 Å². The maximum atomic E-state index is 12.7. The minimum atomic E-state index is -4.57. The maximum absolute atomic E-state index is 12.7. The summed E-state index contributed by atoms with van der Waals surface area (Å²) in [6.45, 7) is 0.0987. The van der Waals surface area contributed by atoms with E-state index in [1.807, 2.05) is 6.07 Å². The van der Waals surface area contributed by atoms with Crippen molar-refractivity contribution in [3.8, 4) is 6.07 Å². The molecule has 0 aliphatic heterocycles. The fourth-order valence-electron chi connectivity index (χ4n) is 1.44. The van der Waals surface area contributed by atoms with Gasteiger partial charge < -0.3 is 4.90 Å². The molecule has 0 fully saturated rings. The van der Waals surface area contributed by atoms with Crippen molar-refractivity contribution in [3.63, 3.8) is 0 Å². The number of nitrogens with zero attached hydrogens (tertiary/aromatic N) is 2. The van der Waals surface area contributed by atoms with E-state index in [4.69, 9.17) is 5.26 Å². The van der Waals surface area contributed by atoms with Gasteiger partial charge in [0.25, 0.3) is 5.91 Å². The zero-order valence-electron chi connectivity index (χ0n) is 9.66. The molecule has 1 aromatic rings. The SMILES string of the molecule is CN(CCC#N)C(=O)c1ccccc1C(F)(F)F. The summed E-state index contributed by atoms with van der Waals surface area (Å²) in [7, 11) is 1.37. The molecule has 1 aromatic carbocycles. The van der Waals surface area contributed by atoms with Gasteiger partial charge in [-0.25, -0.2) is 0 Å². The highest BCUT2D eigenvalue weighted by Crippen LogP contribution is 2.32. The summed E-state index contributed by atoms with van der Waals surface area (Å²) in [4.78, 5) is 12.9. The first-order valence-electron chi connectivity index (χ1n) is 5.16. The lowest BCUT2D eigenvalue weighted by molar-refractivity contribution is -0.138. The molecule has 0 aliphatic rings. The van der Waals surface area contributed by atoms with Crippen molar-refractivity contribution in [2.45, 2.75) is 12.6 Å². The topological polar surface area (TPSA) is 44.1 Å². The lowest BCUT2D eigenvalue weighted by atomic mass is 10.1. The quantitative estimate of drug-likeness (QED) is 0.834.